The maximum absolute atomic E-state index is 15.9. The number of anilines is 2. The smallest absolute Gasteiger partial charge is 0.247 e. The third kappa shape index (κ3) is 9.18. The monoisotopic (exact) mass is 702 g/mol. The van der Waals surface area contributed by atoms with Crippen LogP contribution in [0.25, 0.3) is 0 Å². The summed E-state index contributed by atoms with van der Waals surface area (Å²) in [4.78, 5) is 62.9. The number of aryl methyl sites for hydroxylation is 1. The van der Waals surface area contributed by atoms with Crippen molar-refractivity contribution in [2.24, 2.45) is 11.8 Å². The summed E-state index contributed by atoms with van der Waals surface area (Å²) in [6, 6.07) is 10.2. The highest BCUT2D eigenvalue weighted by Crippen LogP contribution is 2.35. The van der Waals surface area contributed by atoms with Gasteiger partial charge in [0.25, 0.3) is 0 Å². The van der Waals surface area contributed by atoms with Crippen LogP contribution in [-0.4, -0.2) is 87.0 Å². The van der Waals surface area contributed by atoms with E-state index in [0.717, 1.165) is 31.4 Å². The molecule has 1 saturated carbocycles. The van der Waals surface area contributed by atoms with Crippen LogP contribution in [0.15, 0.2) is 54.9 Å². The number of aromatic nitrogens is 3. The molecule has 274 valence electrons. The molecular weight excluding hydrogens is 651 g/mol. The van der Waals surface area contributed by atoms with Crippen molar-refractivity contribution in [1.29, 1.82) is 0 Å². The maximum Gasteiger partial charge on any atom is 0.247 e. The highest BCUT2D eigenvalue weighted by atomic mass is 19.1. The first-order valence-corrected chi connectivity index (χ1v) is 18.2. The zero-order chi connectivity index (χ0) is 36.5. The summed E-state index contributed by atoms with van der Waals surface area (Å²) in [5.74, 6) is -1.27. The van der Waals surface area contributed by atoms with Gasteiger partial charge < -0.3 is 15.5 Å². The Morgan fingerprint density at radius 3 is 2.39 bits per heavy atom. The van der Waals surface area contributed by atoms with Gasteiger partial charge in [0.05, 0.1) is 17.6 Å². The molecule has 2 aliphatic rings. The van der Waals surface area contributed by atoms with E-state index in [1.807, 2.05) is 25.1 Å². The summed E-state index contributed by atoms with van der Waals surface area (Å²) in [5, 5.41) is 9.94. The molecular formula is C38H51FN8O4. The molecule has 1 saturated heterocycles. The number of rotatable bonds is 14. The molecule has 2 aromatic heterocycles. The SMILES string of the molecule is CCC(=O)N[C@@H](C(=O)N1CCN(Cc2ccccn2)CC1)[C@@H](C)c1ccc(NC(=O)[C@H](C2CCC(C)CC2)N(C=O)c2ccnn2CC)c(F)c1. The van der Waals surface area contributed by atoms with Crippen LogP contribution < -0.4 is 15.5 Å². The minimum atomic E-state index is -0.901. The Hall–Kier alpha value is -4.65. The van der Waals surface area contributed by atoms with Crippen molar-refractivity contribution in [3.63, 3.8) is 0 Å². The van der Waals surface area contributed by atoms with Crippen molar-refractivity contribution in [1.82, 2.24) is 29.9 Å². The van der Waals surface area contributed by atoms with E-state index in [9.17, 15) is 19.2 Å². The van der Waals surface area contributed by atoms with Crippen LogP contribution in [0.3, 0.4) is 0 Å². The largest absolute Gasteiger partial charge is 0.344 e. The predicted octanol–water partition coefficient (Wildman–Crippen LogP) is 4.58. The van der Waals surface area contributed by atoms with Crippen molar-refractivity contribution in [2.75, 3.05) is 36.4 Å². The molecule has 51 heavy (non-hydrogen) atoms. The van der Waals surface area contributed by atoms with Gasteiger partial charge in [-0.05, 0) is 61.4 Å². The molecule has 1 aromatic carbocycles. The van der Waals surface area contributed by atoms with Gasteiger partial charge in [0.1, 0.15) is 23.7 Å². The van der Waals surface area contributed by atoms with Crippen molar-refractivity contribution in [3.05, 3.63) is 71.9 Å². The molecule has 5 rings (SSSR count). The zero-order valence-corrected chi connectivity index (χ0v) is 30.1. The number of hydrogen-bond acceptors (Lipinski definition) is 7. The highest BCUT2D eigenvalue weighted by Gasteiger charge is 2.38. The Labute approximate surface area is 299 Å². The van der Waals surface area contributed by atoms with E-state index in [2.05, 4.69) is 32.5 Å². The number of amides is 4. The summed E-state index contributed by atoms with van der Waals surface area (Å²) in [7, 11) is 0. The number of halogens is 1. The van der Waals surface area contributed by atoms with E-state index in [1.165, 1.54) is 17.0 Å². The van der Waals surface area contributed by atoms with Crippen molar-refractivity contribution >= 4 is 35.6 Å². The van der Waals surface area contributed by atoms with Crippen LogP contribution in [0.2, 0.25) is 0 Å². The molecule has 0 unspecified atom stereocenters. The molecule has 2 fully saturated rings. The van der Waals surface area contributed by atoms with Crippen molar-refractivity contribution in [3.8, 4) is 0 Å². The first-order chi connectivity index (χ1) is 24.6. The van der Waals surface area contributed by atoms with Crippen LogP contribution in [0.1, 0.15) is 77.0 Å². The summed E-state index contributed by atoms with van der Waals surface area (Å²) in [6.45, 7) is 11.1. The first-order valence-electron chi connectivity index (χ1n) is 18.2. The fourth-order valence-corrected chi connectivity index (χ4v) is 7.25. The van der Waals surface area contributed by atoms with E-state index in [1.54, 1.807) is 48.0 Å². The molecule has 2 N–H and O–H groups in total. The Morgan fingerprint density at radius 2 is 1.76 bits per heavy atom. The number of carbonyl (C=O) groups excluding carboxylic acids is 4. The fraction of sp³-hybridized carbons (Fsp3) is 0.526. The highest BCUT2D eigenvalue weighted by molar-refractivity contribution is 6.00. The van der Waals surface area contributed by atoms with Crippen LogP contribution in [0, 0.1) is 17.7 Å². The standard InChI is InChI=1S/C38H51FN8O4/c1-5-33(49)43-35(38(51)45-21-19-44(20-22-45)24-30-9-7-8-17-40-30)27(4)29-14-15-32(31(39)23-29)42-37(50)36(28-12-10-26(3)11-13-28)46(25-48)34-16-18-41-47(34)6-2/h7-9,14-18,23,25-28,35-36H,5-6,10-13,19-22,24H2,1-4H3,(H,42,50)(H,43,49)/t26?,27-,28?,35+,36-/m0/s1. The van der Waals surface area contributed by atoms with Gasteiger partial charge in [0.2, 0.25) is 24.1 Å². The second-order valence-corrected chi connectivity index (χ2v) is 13.8. The number of carbonyl (C=O) groups is 4. The fourth-order valence-electron chi connectivity index (χ4n) is 7.25. The van der Waals surface area contributed by atoms with E-state index < -0.39 is 29.7 Å². The molecule has 3 atom stereocenters. The summed E-state index contributed by atoms with van der Waals surface area (Å²) in [6.07, 6.45) is 7.62. The van der Waals surface area contributed by atoms with E-state index >= 15 is 4.39 Å². The number of hydrogen-bond donors (Lipinski definition) is 2. The van der Waals surface area contributed by atoms with Crippen molar-refractivity contribution in [2.45, 2.75) is 90.9 Å². The number of piperazine rings is 1. The molecule has 0 radical (unpaired) electrons. The van der Waals surface area contributed by atoms with Gasteiger partial charge in [-0.3, -0.25) is 34.0 Å². The molecule has 3 heterocycles. The van der Waals surface area contributed by atoms with Crippen LogP contribution in [0.5, 0.6) is 0 Å². The van der Waals surface area contributed by atoms with E-state index in [-0.39, 0.29) is 29.8 Å². The lowest BCUT2D eigenvalue weighted by atomic mass is 9.78. The Balaban J connectivity index is 1.31. The second kappa shape index (κ2) is 17.5. The topological polar surface area (TPSA) is 133 Å². The van der Waals surface area contributed by atoms with Crippen molar-refractivity contribution < 1.29 is 23.6 Å². The van der Waals surface area contributed by atoms with Gasteiger partial charge in [-0.15, -0.1) is 0 Å². The minimum Gasteiger partial charge on any atom is -0.344 e. The average Bonchev–Trinajstić information content (AvgIpc) is 3.63. The molecule has 3 aromatic rings. The van der Waals surface area contributed by atoms with Gasteiger partial charge in [-0.2, -0.15) is 5.10 Å². The number of benzene rings is 1. The molecule has 0 bridgehead atoms. The van der Waals surface area contributed by atoms with Crippen LogP contribution in [0.4, 0.5) is 15.9 Å². The Kier molecular flexibility index (Phi) is 12.9. The van der Waals surface area contributed by atoms with E-state index in [4.69, 9.17) is 0 Å². The summed E-state index contributed by atoms with van der Waals surface area (Å²) in [5.41, 5.74) is 1.45. The summed E-state index contributed by atoms with van der Waals surface area (Å²) < 4.78 is 17.5. The lowest BCUT2D eigenvalue weighted by molar-refractivity contribution is -0.138. The number of nitrogens with one attached hydrogen (secondary N) is 2. The maximum atomic E-state index is 15.9. The lowest BCUT2D eigenvalue weighted by Crippen LogP contribution is -2.56. The van der Waals surface area contributed by atoms with Crippen LogP contribution >= 0.6 is 0 Å². The molecule has 12 nitrogen and oxygen atoms in total. The van der Waals surface area contributed by atoms with Gasteiger partial charge in [0.15, 0.2) is 0 Å². The summed E-state index contributed by atoms with van der Waals surface area (Å²) >= 11 is 0. The van der Waals surface area contributed by atoms with Gasteiger partial charge in [-0.1, -0.05) is 45.7 Å². The zero-order valence-electron chi connectivity index (χ0n) is 30.1. The van der Waals surface area contributed by atoms with Gasteiger partial charge in [0, 0.05) is 63.9 Å². The normalized spacial score (nSPS) is 19.8. The lowest BCUT2D eigenvalue weighted by Gasteiger charge is -2.37. The van der Waals surface area contributed by atoms with Gasteiger partial charge >= 0.3 is 0 Å². The predicted molar refractivity (Wildman–Crippen MR) is 193 cm³/mol. The molecule has 1 aliphatic carbocycles. The number of nitrogens with zero attached hydrogens (tertiary/aromatic N) is 6. The quantitative estimate of drug-likeness (QED) is 0.235. The molecule has 1 aliphatic heterocycles. The minimum absolute atomic E-state index is 0.0236. The number of pyridine rings is 1. The third-order valence-electron chi connectivity index (χ3n) is 10.4. The second-order valence-electron chi connectivity index (χ2n) is 13.8. The average molecular weight is 703 g/mol. The Morgan fingerprint density at radius 1 is 1.02 bits per heavy atom. The van der Waals surface area contributed by atoms with Crippen LogP contribution in [-0.2, 0) is 32.3 Å². The van der Waals surface area contributed by atoms with Gasteiger partial charge in [-0.25, -0.2) is 9.07 Å². The first kappa shape index (κ1) is 37.6. The van der Waals surface area contributed by atoms with E-state index in [0.29, 0.717) is 63.0 Å². The third-order valence-corrected chi connectivity index (χ3v) is 10.4. The molecule has 13 heteroatoms. The molecule has 0 spiro atoms. The Bertz CT molecular complexity index is 1640. The molecule has 4 amide bonds.